The maximum Gasteiger partial charge on any atom is 0.325 e. The van der Waals surface area contributed by atoms with Gasteiger partial charge in [0.25, 0.3) is 0 Å². The minimum atomic E-state index is -0.523. The molecule has 2 N–H and O–H groups in total. The molecular formula is C15H9Cl2FN4OS. The number of anilines is 2. The van der Waals surface area contributed by atoms with Gasteiger partial charge >= 0.3 is 6.03 Å². The smallest absolute Gasteiger partial charge is 0.308 e. The molecule has 3 aromatic rings. The van der Waals surface area contributed by atoms with Crippen LogP contribution in [0.2, 0.25) is 10.0 Å². The first-order valence-corrected chi connectivity index (χ1v) is 8.21. The molecule has 122 valence electrons. The largest absolute Gasteiger partial charge is 0.325 e. The number of carbonyl (C=O) groups excluding carboxylic acids is 1. The highest BCUT2D eigenvalue weighted by molar-refractivity contribution is 7.18. The first kappa shape index (κ1) is 16.6. The van der Waals surface area contributed by atoms with E-state index in [1.54, 1.807) is 30.3 Å². The molecule has 0 aliphatic heterocycles. The topological polar surface area (TPSA) is 66.9 Å². The van der Waals surface area contributed by atoms with E-state index < -0.39 is 11.8 Å². The van der Waals surface area contributed by atoms with Gasteiger partial charge in [0.15, 0.2) is 5.01 Å². The molecule has 2 aromatic carbocycles. The summed E-state index contributed by atoms with van der Waals surface area (Å²) < 4.78 is 13.7. The van der Waals surface area contributed by atoms with Crippen LogP contribution in [0.5, 0.6) is 0 Å². The van der Waals surface area contributed by atoms with Crippen molar-refractivity contribution in [3.05, 3.63) is 58.3 Å². The first-order chi connectivity index (χ1) is 11.5. The molecule has 2 amide bonds. The standard InChI is InChI=1S/C15H9Cl2FN4OS/c16-10-6-5-8(7-11(10)17)19-14(23)20-15-22-21-13(24-15)9-3-1-2-4-12(9)18/h1-7H,(H2,19,20,22,23). The molecular weight excluding hydrogens is 374 g/mol. The second-order valence-electron chi connectivity index (χ2n) is 4.60. The third kappa shape index (κ3) is 3.81. The molecule has 0 saturated carbocycles. The van der Waals surface area contributed by atoms with Gasteiger partial charge in [-0.1, -0.05) is 46.7 Å². The van der Waals surface area contributed by atoms with Crippen LogP contribution in [-0.2, 0) is 0 Å². The molecule has 0 aliphatic rings. The first-order valence-electron chi connectivity index (χ1n) is 6.64. The number of carbonyl (C=O) groups is 1. The number of hydrogen-bond acceptors (Lipinski definition) is 4. The summed E-state index contributed by atoms with van der Waals surface area (Å²) in [6, 6.07) is 10.4. The number of nitrogens with zero attached hydrogens (tertiary/aromatic N) is 2. The summed E-state index contributed by atoms with van der Waals surface area (Å²) in [7, 11) is 0. The summed E-state index contributed by atoms with van der Waals surface area (Å²) in [6.45, 7) is 0. The van der Waals surface area contributed by atoms with E-state index in [2.05, 4.69) is 20.8 Å². The summed E-state index contributed by atoms with van der Waals surface area (Å²) in [5.74, 6) is -0.402. The molecule has 0 atom stereocenters. The number of urea groups is 1. The van der Waals surface area contributed by atoms with Gasteiger partial charge in [0.2, 0.25) is 5.13 Å². The van der Waals surface area contributed by atoms with Gasteiger partial charge in [-0.3, -0.25) is 5.32 Å². The van der Waals surface area contributed by atoms with Crippen LogP contribution in [0.4, 0.5) is 20.0 Å². The molecule has 5 nitrogen and oxygen atoms in total. The Morgan fingerprint density at radius 3 is 2.58 bits per heavy atom. The molecule has 24 heavy (non-hydrogen) atoms. The summed E-state index contributed by atoms with van der Waals surface area (Å²) in [4.78, 5) is 12.0. The van der Waals surface area contributed by atoms with Crippen molar-refractivity contribution in [1.82, 2.24) is 10.2 Å². The summed E-state index contributed by atoms with van der Waals surface area (Å²) in [5.41, 5.74) is 0.800. The van der Waals surface area contributed by atoms with Gasteiger partial charge in [0.1, 0.15) is 5.82 Å². The van der Waals surface area contributed by atoms with Crippen LogP contribution in [0.1, 0.15) is 0 Å². The fraction of sp³-hybridized carbons (Fsp3) is 0. The van der Waals surface area contributed by atoms with Gasteiger partial charge in [-0.25, -0.2) is 9.18 Å². The van der Waals surface area contributed by atoms with Crippen molar-refractivity contribution in [1.29, 1.82) is 0 Å². The highest BCUT2D eigenvalue weighted by Crippen LogP contribution is 2.28. The lowest BCUT2D eigenvalue weighted by Gasteiger charge is -2.06. The van der Waals surface area contributed by atoms with E-state index in [1.165, 1.54) is 12.1 Å². The SMILES string of the molecule is O=C(Nc1ccc(Cl)c(Cl)c1)Nc1nnc(-c2ccccc2F)s1. The molecule has 1 aromatic heterocycles. The lowest BCUT2D eigenvalue weighted by Crippen LogP contribution is -2.19. The van der Waals surface area contributed by atoms with Gasteiger partial charge in [-0.05, 0) is 30.3 Å². The molecule has 0 radical (unpaired) electrons. The average Bonchev–Trinajstić information content (AvgIpc) is 2.99. The number of hydrogen-bond donors (Lipinski definition) is 2. The van der Waals surface area contributed by atoms with Gasteiger partial charge in [-0.2, -0.15) is 0 Å². The van der Waals surface area contributed by atoms with E-state index in [-0.39, 0.29) is 5.13 Å². The number of nitrogens with one attached hydrogen (secondary N) is 2. The summed E-state index contributed by atoms with van der Waals surface area (Å²) in [6.07, 6.45) is 0. The molecule has 1 heterocycles. The second kappa shape index (κ2) is 7.12. The lowest BCUT2D eigenvalue weighted by molar-refractivity contribution is 0.262. The number of amides is 2. The monoisotopic (exact) mass is 382 g/mol. The second-order valence-corrected chi connectivity index (χ2v) is 6.39. The van der Waals surface area contributed by atoms with Gasteiger partial charge in [0, 0.05) is 11.3 Å². The van der Waals surface area contributed by atoms with E-state index in [4.69, 9.17) is 23.2 Å². The van der Waals surface area contributed by atoms with Gasteiger partial charge < -0.3 is 5.32 Å². The summed E-state index contributed by atoms with van der Waals surface area (Å²) >= 11 is 12.8. The number of benzene rings is 2. The van der Waals surface area contributed by atoms with Crippen molar-refractivity contribution in [2.45, 2.75) is 0 Å². The minimum Gasteiger partial charge on any atom is -0.308 e. The van der Waals surface area contributed by atoms with Crippen LogP contribution >= 0.6 is 34.5 Å². The minimum absolute atomic E-state index is 0.241. The Labute approximate surface area is 150 Å². The van der Waals surface area contributed by atoms with E-state index in [0.717, 1.165) is 11.3 Å². The van der Waals surface area contributed by atoms with Crippen LogP contribution in [0.25, 0.3) is 10.6 Å². The van der Waals surface area contributed by atoms with E-state index >= 15 is 0 Å². The predicted molar refractivity (Wildman–Crippen MR) is 94.4 cm³/mol. The molecule has 0 fully saturated rings. The third-order valence-electron chi connectivity index (χ3n) is 2.93. The van der Waals surface area contributed by atoms with Gasteiger partial charge in [-0.15, -0.1) is 10.2 Å². The highest BCUT2D eigenvalue weighted by atomic mass is 35.5. The van der Waals surface area contributed by atoms with Crippen molar-refractivity contribution in [3.8, 4) is 10.6 Å². The molecule has 3 rings (SSSR count). The van der Waals surface area contributed by atoms with E-state index in [1.807, 2.05) is 0 Å². The van der Waals surface area contributed by atoms with Crippen molar-refractivity contribution < 1.29 is 9.18 Å². The van der Waals surface area contributed by atoms with Gasteiger partial charge in [0.05, 0.1) is 10.0 Å². The molecule has 0 unspecified atom stereocenters. The molecule has 0 saturated heterocycles. The number of rotatable bonds is 3. The Bertz CT molecular complexity index is 903. The zero-order valence-corrected chi connectivity index (χ0v) is 14.2. The zero-order chi connectivity index (χ0) is 17.1. The third-order valence-corrected chi connectivity index (χ3v) is 4.54. The van der Waals surface area contributed by atoms with E-state index in [0.29, 0.717) is 26.3 Å². The quantitative estimate of drug-likeness (QED) is 0.645. The lowest BCUT2D eigenvalue weighted by atomic mass is 10.2. The predicted octanol–water partition coefficient (Wildman–Crippen LogP) is 5.30. The Hall–Kier alpha value is -2.22. The normalized spacial score (nSPS) is 10.5. The fourth-order valence-electron chi connectivity index (χ4n) is 1.85. The number of aromatic nitrogens is 2. The molecule has 0 bridgehead atoms. The maximum absolute atomic E-state index is 13.7. The van der Waals surface area contributed by atoms with Crippen molar-refractivity contribution in [2.24, 2.45) is 0 Å². The van der Waals surface area contributed by atoms with Crippen LogP contribution in [0, 0.1) is 5.82 Å². The Morgan fingerprint density at radius 2 is 1.83 bits per heavy atom. The molecule has 0 aliphatic carbocycles. The average molecular weight is 383 g/mol. The van der Waals surface area contributed by atoms with Crippen LogP contribution in [0.3, 0.4) is 0 Å². The summed E-state index contributed by atoms with van der Waals surface area (Å²) in [5, 5.41) is 14.2. The maximum atomic E-state index is 13.7. The van der Waals surface area contributed by atoms with Crippen molar-refractivity contribution in [2.75, 3.05) is 10.6 Å². The van der Waals surface area contributed by atoms with Crippen LogP contribution in [-0.4, -0.2) is 16.2 Å². The Kier molecular flexibility index (Phi) is 4.94. The Balaban J connectivity index is 1.69. The molecule has 0 spiro atoms. The number of halogens is 3. The van der Waals surface area contributed by atoms with Crippen molar-refractivity contribution in [3.63, 3.8) is 0 Å². The zero-order valence-electron chi connectivity index (χ0n) is 11.9. The van der Waals surface area contributed by atoms with Crippen LogP contribution in [0.15, 0.2) is 42.5 Å². The van der Waals surface area contributed by atoms with E-state index in [9.17, 15) is 9.18 Å². The van der Waals surface area contributed by atoms with Crippen LogP contribution < -0.4 is 10.6 Å². The Morgan fingerprint density at radius 1 is 1.04 bits per heavy atom. The molecule has 9 heteroatoms. The highest BCUT2D eigenvalue weighted by Gasteiger charge is 2.12. The fourth-order valence-corrected chi connectivity index (χ4v) is 2.91. The van der Waals surface area contributed by atoms with Crippen molar-refractivity contribution >= 4 is 51.4 Å².